The molecule has 0 bridgehead atoms. The van der Waals surface area contributed by atoms with Gasteiger partial charge in [-0.3, -0.25) is 9.35 Å². The summed E-state index contributed by atoms with van der Waals surface area (Å²) in [5.74, 6) is -0.460. The molecule has 0 rings (SSSR count). The number of unbranched alkanes of at least 4 members (excludes halogenated alkanes) is 11. The molecule has 0 aliphatic carbocycles. The third kappa shape index (κ3) is 22.4. The normalized spacial score (nSPS) is 11.5. The number of allylic oxidation sites excluding steroid dienone is 2. The fourth-order valence-electron chi connectivity index (χ4n) is 2.91. The van der Waals surface area contributed by atoms with E-state index in [4.69, 9.17) is 4.55 Å². The molecule has 0 aromatic carbocycles. The fourth-order valence-corrected chi connectivity index (χ4v) is 3.42. The Morgan fingerprint density at radius 1 is 0.857 bits per heavy atom. The zero-order chi connectivity index (χ0) is 20.4. The summed E-state index contributed by atoms with van der Waals surface area (Å²) in [4.78, 5) is 13.2. The van der Waals surface area contributed by atoms with E-state index in [9.17, 15) is 13.2 Å². The SMILES string of the molecule is CCCCCCCC/C=C/CCCCCCCC(=O)N(C)CCS(=O)(=O)O.[Na]. The largest absolute Gasteiger partial charge is 0.345 e. The van der Waals surface area contributed by atoms with Crippen LogP contribution in [0.15, 0.2) is 12.2 Å². The first-order chi connectivity index (χ1) is 12.9. The van der Waals surface area contributed by atoms with Gasteiger partial charge in [-0.25, -0.2) is 0 Å². The Morgan fingerprint density at radius 2 is 1.32 bits per heavy atom. The molecule has 0 spiro atoms. The van der Waals surface area contributed by atoms with Crippen LogP contribution in [0.1, 0.15) is 96.8 Å². The van der Waals surface area contributed by atoms with Crippen molar-refractivity contribution in [3.05, 3.63) is 12.2 Å². The van der Waals surface area contributed by atoms with Gasteiger partial charge in [-0.2, -0.15) is 8.42 Å². The average Bonchev–Trinajstić information content (AvgIpc) is 2.62. The summed E-state index contributed by atoms with van der Waals surface area (Å²) in [7, 11) is -2.43. The predicted octanol–water partition coefficient (Wildman–Crippen LogP) is 4.99. The number of rotatable bonds is 18. The summed E-state index contributed by atoms with van der Waals surface area (Å²) < 4.78 is 30.1. The van der Waals surface area contributed by atoms with Gasteiger partial charge in [0.1, 0.15) is 0 Å². The predicted molar refractivity (Wildman–Crippen MR) is 119 cm³/mol. The van der Waals surface area contributed by atoms with Crippen molar-refractivity contribution >= 4 is 45.6 Å². The van der Waals surface area contributed by atoms with Crippen molar-refractivity contribution in [2.75, 3.05) is 19.3 Å². The minimum absolute atomic E-state index is 0. The molecule has 0 aliphatic heterocycles. The zero-order valence-corrected chi connectivity index (χ0v) is 21.3. The summed E-state index contributed by atoms with van der Waals surface area (Å²) in [5, 5.41) is 0. The maximum Gasteiger partial charge on any atom is 0.266 e. The molecule has 7 heteroatoms. The van der Waals surface area contributed by atoms with Gasteiger partial charge in [-0.05, 0) is 32.1 Å². The van der Waals surface area contributed by atoms with Crippen LogP contribution >= 0.6 is 0 Å². The fraction of sp³-hybridized carbons (Fsp3) is 0.857. The van der Waals surface area contributed by atoms with Crippen LogP contribution in [0.3, 0.4) is 0 Å². The average molecular weight is 427 g/mol. The third-order valence-corrected chi connectivity index (χ3v) is 5.46. The quantitative estimate of drug-likeness (QED) is 0.145. The minimum Gasteiger partial charge on any atom is -0.345 e. The monoisotopic (exact) mass is 426 g/mol. The van der Waals surface area contributed by atoms with Crippen LogP contribution in [-0.2, 0) is 14.9 Å². The van der Waals surface area contributed by atoms with Gasteiger partial charge >= 0.3 is 0 Å². The van der Waals surface area contributed by atoms with Crippen molar-refractivity contribution in [3.63, 3.8) is 0 Å². The minimum atomic E-state index is -4.00. The molecule has 5 nitrogen and oxygen atoms in total. The van der Waals surface area contributed by atoms with Gasteiger partial charge in [0.25, 0.3) is 10.1 Å². The second-order valence-electron chi connectivity index (χ2n) is 7.44. The van der Waals surface area contributed by atoms with Crippen LogP contribution in [0.25, 0.3) is 0 Å². The second-order valence-corrected chi connectivity index (χ2v) is 9.01. The van der Waals surface area contributed by atoms with Gasteiger partial charge in [0, 0.05) is 49.6 Å². The van der Waals surface area contributed by atoms with Crippen LogP contribution in [0, 0.1) is 0 Å². The number of amides is 1. The van der Waals surface area contributed by atoms with Gasteiger partial charge in [0.05, 0.1) is 5.75 Å². The molecular formula is C21H41NNaO4S. The van der Waals surface area contributed by atoms with E-state index in [0.717, 1.165) is 25.7 Å². The summed E-state index contributed by atoms with van der Waals surface area (Å²) in [6.07, 6.45) is 20.9. The molecule has 0 aromatic heterocycles. The van der Waals surface area contributed by atoms with Crippen molar-refractivity contribution < 1.29 is 17.8 Å². The Balaban J connectivity index is 0. The summed E-state index contributed by atoms with van der Waals surface area (Å²) in [5.41, 5.74) is 0. The Morgan fingerprint density at radius 3 is 1.82 bits per heavy atom. The van der Waals surface area contributed by atoms with Crippen LogP contribution in [0.5, 0.6) is 0 Å². The van der Waals surface area contributed by atoms with Crippen molar-refractivity contribution in [2.24, 2.45) is 0 Å². The zero-order valence-electron chi connectivity index (χ0n) is 18.5. The second kappa shape index (κ2) is 20.4. The van der Waals surface area contributed by atoms with E-state index >= 15 is 0 Å². The molecule has 1 N–H and O–H groups in total. The molecule has 0 unspecified atom stereocenters. The van der Waals surface area contributed by atoms with Crippen LogP contribution < -0.4 is 0 Å². The Bertz CT molecular complexity index is 495. The van der Waals surface area contributed by atoms with E-state index in [0.29, 0.717) is 6.42 Å². The Hall–Kier alpha value is 0.120. The third-order valence-electron chi connectivity index (χ3n) is 4.76. The van der Waals surface area contributed by atoms with Crippen molar-refractivity contribution in [1.29, 1.82) is 0 Å². The van der Waals surface area contributed by atoms with Gasteiger partial charge in [0.15, 0.2) is 0 Å². The van der Waals surface area contributed by atoms with E-state index in [2.05, 4.69) is 19.1 Å². The molecule has 0 aliphatic rings. The molecule has 0 fully saturated rings. The van der Waals surface area contributed by atoms with Crippen LogP contribution in [0.4, 0.5) is 0 Å². The van der Waals surface area contributed by atoms with Crippen molar-refractivity contribution in [1.82, 2.24) is 4.90 Å². The molecule has 0 saturated carbocycles. The summed E-state index contributed by atoms with van der Waals surface area (Å²) in [6.45, 7) is 2.29. The number of nitrogens with zero attached hydrogens (tertiary/aromatic N) is 1. The van der Waals surface area contributed by atoms with E-state index in [1.807, 2.05) is 0 Å². The van der Waals surface area contributed by atoms with E-state index < -0.39 is 15.9 Å². The number of carbonyl (C=O) groups is 1. The molecule has 0 heterocycles. The van der Waals surface area contributed by atoms with Crippen LogP contribution in [-0.4, -0.2) is 72.7 Å². The van der Waals surface area contributed by atoms with Gasteiger partial charge in [-0.15, -0.1) is 0 Å². The molecule has 1 amide bonds. The van der Waals surface area contributed by atoms with Gasteiger partial charge in [0.2, 0.25) is 5.91 Å². The standard InChI is InChI=1S/C21H41NO4S.Na/c1-3-4-5-6-7-8-9-10-11-12-13-14-15-16-17-18-21(23)22(2)19-20-27(24,25)26;/h10-11H,3-9,12-20H2,1-2H3,(H,24,25,26);/b11-10+;. The molecule has 1 radical (unpaired) electrons. The van der Waals surface area contributed by atoms with E-state index in [1.165, 1.54) is 62.7 Å². The Kier molecular flexibility index (Phi) is 22.1. The van der Waals surface area contributed by atoms with Gasteiger partial charge < -0.3 is 4.90 Å². The molecule has 0 aromatic rings. The van der Waals surface area contributed by atoms with Crippen LogP contribution in [0.2, 0.25) is 0 Å². The topological polar surface area (TPSA) is 74.7 Å². The molecule has 161 valence electrons. The van der Waals surface area contributed by atoms with E-state index in [-0.39, 0.29) is 42.0 Å². The van der Waals surface area contributed by atoms with Gasteiger partial charge in [-0.1, -0.05) is 70.4 Å². The first-order valence-corrected chi connectivity index (χ1v) is 12.3. The summed E-state index contributed by atoms with van der Waals surface area (Å²) in [6, 6.07) is 0. The molecule has 0 saturated heterocycles. The molecule has 28 heavy (non-hydrogen) atoms. The maximum absolute atomic E-state index is 11.8. The number of hydrogen-bond donors (Lipinski definition) is 1. The maximum atomic E-state index is 11.8. The van der Waals surface area contributed by atoms with E-state index in [1.54, 1.807) is 7.05 Å². The first kappa shape index (κ1) is 30.3. The first-order valence-electron chi connectivity index (χ1n) is 10.7. The number of hydrogen-bond acceptors (Lipinski definition) is 3. The van der Waals surface area contributed by atoms with Crippen molar-refractivity contribution in [2.45, 2.75) is 96.8 Å². The summed E-state index contributed by atoms with van der Waals surface area (Å²) >= 11 is 0. The Labute approximate surface area is 195 Å². The smallest absolute Gasteiger partial charge is 0.266 e. The number of carbonyl (C=O) groups excluding carboxylic acids is 1. The molecule has 0 atom stereocenters. The van der Waals surface area contributed by atoms with Crippen molar-refractivity contribution in [3.8, 4) is 0 Å². The molecular weight excluding hydrogens is 385 g/mol.